The number of hydrogen-bond acceptors (Lipinski definition) is 3. The van der Waals surface area contributed by atoms with Crippen LogP contribution in [0.3, 0.4) is 0 Å². The van der Waals surface area contributed by atoms with E-state index in [4.69, 9.17) is 4.74 Å². The molecule has 2 saturated heterocycles. The van der Waals surface area contributed by atoms with Crippen LogP contribution in [0, 0.1) is 0 Å². The van der Waals surface area contributed by atoms with Gasteiger partial charge in [0, 0.05) is 19.1 Å². The number of rotatable bonds is 7. The molecular formula is C14H28N2O. The van der Waals surface area contributed by atoms with Gasteiger partial charge in [0.15, 0.2) is 0 Å². The van der Waals surface area contributed by atoms with Crippen LogP contribution >= 0.6 is 0 Å². The topological polar surface area (TPSA) is 24.5 Å². The predicted molar refractivity (Wildman–Crippen MR) is 71.3 cm³/mol. The molecule has 3 heteroatoms. The fraction of sp³-hybridized carbons (Fsp3) is 1.00. The molecule has 100 valence electrons. The first-order chi connectivity index (χ1) is 8.31. The largest absolute Gasteiger partial charge is 0.372 e. The summed E-state index contributed by atoms with van der Waals surface area (Å²) in [6.45, 7) is 9.19. The van der Waals surface area contributed by atoms with Gasteiger partial charge in [-0.25, -0.2) is 0 Å². The Labute approximate surface area is 106 Å². The van der Waals surface area contributed by atoms with Crippen molar-refractivity contribution in [2.75, 3.05) is 26.2 Å². The summed E-state index contributed by atoms with van der Waals surface area (Å²) >= 11 is 0. The SMILES string of the molecule is CCNC(CC)CCCN1CC2CCC(C1)O2. The number of likely N-dealkylation sites (tertiary alicyclic amines) is 1. The van der Waals surface area contributed by atoms with Crippen LogP contribution in [0.5, 0.6) is 0 Å². The van der Waals surface area contributed by atoms with E-state index in [1.54, 1.807) is 0 Å². The minimum atomic E-state index is 0.546. The van der Waals surface area contributed by atoms with Crippen LogP contribution in [0.2, 0.25) is 0 Å². The summed E-state index contributed by atoms with van der Waals surface area (Å²) in [6.07, 6.45) is 7.56. The van der Waals surface area contributed by atoms with Crippen molar-refractivity contribution in [2.24, 2.45) is 0 Å². The van der Waals surface area contributed by atoms with Crippen LogP contribution < -0.4 is 5.32 Å². The molecule has 3 nitrogen and oxygen atoms in total. The van der Waals surface area contributed by atoms with Gasteiger partial charge in [-0.3, -0.25) is 4.90 Å². The molecule has 0 aromatic rings. The molecule has 3 unspecified atom stereocenters. The van der Waals surface area contributed by atoms with Gasteiger partial charge in [-0.05, 0) is 45.2 Å². The van der Waals surface area contributed by atoms with Crippen molar-refractivity contribution in [1.29, 1.82) is 0 Å². The lowest BCUT2D eigenvalue weighted by Crippen LogP contribution is -2.43. The highest BCUT2D eigenvalue weighted by atomic mass is 16.5. The molecule has 0 amide bonds. The van der Waals surface area contributed by atoms with Gasteiger partial charge in [0.1, 0.15) is 0 Å². The third-order valence-corrected chi connectivity index (χ3v) is 4.13. The highest BCUT2D eigenvalue weighted by Gasteiger charge is 2.33. The summed E-state index contributed by atoms with van der Waals surface area (Å²) in [6, 6.07) is 0.720. The van der Waals surface area contributed by atoms with Gasteiger partial charge >= 0.3 is 0 Å². The number of morpholine rings is 1. The first-order valence-corrected chi connectivity index (χ1v) is 7.43. The molecule has 2 rings (SSSR count). The molecular weight excluding hydrogens is 212 g/mol. The van der Waals surface area contributed by atoms with Crippen LogP contribution in [0.4, 0.5) is 0 Å². The van der Waals surface area contributed by atoms with Crippen molar-refractivity contribution in [3.8, 4) is 0 Å². The lowest BCUT2D eigenvalue weighted by atomic mass is 10.1. The highest BCUT2D eigenvalue weighted by Crippen LogP contribution is 2.26. The average Bonchev–Trinajstić information content (AvgIpc) is 2.67. The van der Waals surface area contributed by atoms with E-state index in [9.17, 15) is 0 Å². The molecule has 2 fully saturated rings. The van der Waals surface area contributed by atoms with E-state index in [0.29, 0.717) is 12.2 Å². The Bertz CT molecular complexity index is 210. The summed E-state index contributed by atoms with van der Waals surface area (Å²) in [5.74, 6) is 0. The molecule has 2 aliphatic heterocycles. The van der Waals surface area contributed by atoms with Gasteiger partial charge in [0.25, 0.3) is 0 Å². The fourth-order valence-electron chi connectivity index (χ4n) is 3.18. The molecule has 0 aliphatic carbocycles. The molecule has 3 atom stereocenters. The summed E-state index contributed by atoms with van der Waals surface area (Å²) in [4.78, 5) is 2.62. The maximum Gasteiger partial charge on any atom is 0.0707 e. The Balaban J connectivity index is 1.61. The number of ether oxygens (including phenoxy) is 1. The van der Waals surface area contributed by atoms with Gasteiger partial charge in [-0.15, -0.1) is 0 Å². The molecule has 2 aliphatic rings. The van der Waals surface area contributed by atoms with E-state index in [0.717, 1.165) is 12.6 Å². The van der Waals surface area contributed by atoms with E-state index in [1.165, 1.54) is 51.7 Å². The van der Waals surface area contributed by atoms with Crippen molar-refractivity contribution in [3.05, 3.63) is 0 Å². The zero-order valence-electron chi connectivity index (χ0n) is 11.5. The normalized spacial score (nSPS) is 30.7. The van der Waals surface area contributed by atoms with Crippen LogP contribution in [0.15, 0.2) is 0 Å². The van der Waals surface area contributed by atoms with Crippen LogP contribution in [0.1, 0.15) is 46.0 Å². The molecule has 0 aromatic heterocycles. The Morgan fingerprint density at radius 3 is 2.53 bits per heavy atom. The fourth-order valence-corrected chi connectivity index (χ4v) is 3.18. The Kier molecular flexibility index (Phi) is 5.26. The van der Waals surface area contributed by atoms with Gasteiger partial charge < -0.3 is 10.1 Å². The van der Waals surface area contributed by atoms with E-state index in [-0.39, 0.29) is 0 Å². The first-order valence-electron chi connectivity index (χ1n) is 7.43. The number of nitrogens with one attached hydrogen (secondary N) is 1. The third-order valence-electron chi connectivity index (χ3n) is 4.13. The predicted octanol–water partition coefficient (Wildman–Crippen LogP) is 2.02. The second-order valence-corrected chi connectivity index (χ2v) is 5.52. The van der Waals surface area contributed by atoms with Crippen LogP contribution in [0.25, 0.3) is 0 Å². The molecule has 2 bridgehead atoms. The van der Waals surface area contributed by atoms with Crippen molar-refractivity contribution >= 4 is 0 Å². The van der Waals surface area contributed by atoms with E-state index in [1.807, 2.05) is 0 Å². The zero-order chi connectivity index (χ0) is 12.1. The minimum Gasteiger partial charge on any atom is -0.372 e. The Morgan fingerprint density at radius 1 is 1.24 bits per heavy atom. The maximum atomic E-state index is 5.86. The van der Waals surface area contributed by atoms with Gasteiger partial charge in [-0.1, -0.05) is 13.8 Å². The number of fused-ring (bicyclic) bond motifs is 2. The summed E-state index contributed by atoms with van der Waals surface area (Å²) < 4.78 is 5.86. The van der Waals surface area contributed by atoms with E-state index in [2.05, 4.69) is 24.1 Å². The monoisotopic (exact) mass is 240 g/mol. The maximum absolute atomic E-state index is 5.86. The van der Waals surface area contributed by atoms with Crippen molar-refractivity contribution in [1.82, 2.24) is 10.2 Å². The van der Waals surface area contributed by atoms with Crippen molar-refractivity contribution < 1.29 is 4.74 Å². The molecule has 1 N–H and O–H groups in total. The molecule has 0 radical (unpaired) electrons. The molecule has 17 heavy (non-hydrogen) atoms. The first kappa shape index (κ1) is 13.3. The van der Waals surface area contributed by atoms with E-state index < -0.39 is 0 Å². The minimum absolute atomic E-state index is 0.546. The van der Waals surface area contributed by atoms with Crippen molar-refractivity contribution in [3.63, 3.8) is 0 Å². The summed E-state index contributed by atoms with van der Waals surface area (Å²) in [5.41, 5.74) is 0. The Morgan fingerprint density at radius 2 is 1.94 bits per heavy atom. The second-order valence-electron chi connectivity index (χ2n) is 5.52. The lowest BCUT2D eigenvalue weighted by Gasteiger charge is -2.32. The summed E-state index contributed by atoms with van der Waals surface area (Å²) in [7, 11) is 0. The molecule has 2 heterocycles. The second kappa shape index (κ2) is 6.72. The van der Waals surface area contributed by atoms with Gasteiger partial charge in [-0.2, -0.15) is 0 Å². The van der Waals surface area contributed by atoms with Crippen molar-refractivity contribution in [2.45, 2.75) is 64.2 Å². The molecule has 0 saturated carbocycles. The summed E-state index contributed by atoms with van der Waals surface area (Å²) in [5, 5.41) is 3.56. The van der Waals surface area contributed by atoms with Crippen LogP contribution in [-0.2, 0) is 4.74 Å². The average molecular weight is 240 g/mol. The van der Waals surface area contributed by atoms with Gasteiger partial charge in [0.05, 0.1) is 12.2 Å². The van der Waals surface area contributed by atoms with Crippen LogP contribution in [-0.4, -0.2) is 49.3 Å². The number of hydrogen-bond donors (Lipinski definition) is 1. The zero-order valence-corrected chi connectivity index (χ0v) is 11.5. The standard InChI is InChI=1S/C14H28N2O/c1-3-12(15-4-2)6-5-9-16-10-13-7-8-14(11-16)17-13/h12-15H,3-11H2,1-2H3. The Hall–Kier alpha value is -0.120. The lowest BCUT2D eigenvalue weighted by molar-refractivity contribution is -0.0386. The quantitative estimate of drug-likeness (QED) is 0.737. The third kappa shape index (κ3) is 3.94. The molecule has 0 aromatic carbocycles. The van der Waals surface area contributed by atoms with Gasteiger partial charge in [0.2, 0.25) is 0 Å². The van der Waals surface area contributed by atoms with E-state index >= 15 is 0 Å². The number of nitrogens with zero attached hydrogens (tertiary/aromatic N) is 1. The molecule has 0 spiro atoms. The highest BCUT2D eigenvalue weighted by molar-refractivity contribution is 4.84. The smallest absolute Gasteiger partial charge is 0.0707 e.